The molecule has 3 heterocycles. The maximum atomic E-state index is 12.9. The molecule has 0 unspecified atom stereocenters. The van der Waals surface area contributed by atoms with E-state index in [2.05, 4.69) is 21.7 Å². The molecule has 1 aliphatic rings. The van der Waals surface area contributed by atoms with Crippen molar-refractivity contribution < 1.29 is 0 Å². The predicted molar refractivity (Wildman–Crippen MR) is 105 cm³/mol. The second-order valence-electron chi connectivity index (χ2n) is 6.92. The molecule has 0 aliphatic carbocycles. The van der Waals surface area contributed by atoms with Crippen LogP contribution >= 0.6 is 0 Å². The van der Waals surface area contributed by atoms with Gasteiger partial charge in [-0.2, -0.15) is 0 Å². The Kier molecular flexibility index (Phi) is 4.91. The Morgan fingerprint density at radius 2 is 2.04 bits per heavy atom. The molecule has 0 bridgehead atoms. The highest BCUT2D eigenvalue weighted by molar-refractivity contribution is 5.32. The zero-order valence-corrected chi connectivity index (χ0v) is 15.4. The molecular formula is C22H22N4O. The quantitative estimate of drug-likeness (QED) is 0.673. The monoisotopic (exact) mass is 358 g/mol. The highest BCUT2D eigenvalue weighted by atomic mass is 16.1. The lowest BCUT2D eigenvalue weighted by Crippen LogP contribution is -2.38. The lowest BCUT2D eigenvalue weighted by molar-refractivity contribution is 0.280. The Bertz CT molecular complexity index is 1050. The van der Waals surface area contributed by atoms with Gasteiger partial charge in [0.25, 0.3) is 5.56 Å². The van der Waals surface area contributed by atoms with Crippen LogP contribution in [0.5, 0.6) is 0 Å². The molecule has 2 aromatic heterocycles. The molecule has 0 amide bonds. The number of rotatable bonds is 3. The lowest BCUT2D eigenvalue weighted by atomic mass is 10.1. The summed E-state index contributed by atoms with van der Waals surface area (Å²) >= 11 is 0. The van der Waals surface area contributed by atoms with Gasteiger partial charge in [-0.15, -0.1) is 0 Å². The molecule has 27 heavy (non-hydrogen) atoms. The van der Waals surface area contributed by atoms with Crippen molar-refractivity contribution in [1.82, 2.24) is 19.0 Å². The molecular weight excluding hydrogens is 336 g/mol. The molecule has 3 aromatic rings. The number of hydrogen-bond donors (Lipinski definition) is 0. The summed E-state index contributed by atoms with van der Waals surface area (Å²) in [6, 6.07) is 12.0. The molecule has 0 saturated heterocycles. The number of fused-ring (bicyclic) bond motifs is 1. The van der Waals surface area contributed by atoms with Crippen LogP contribution in [0.2, 0.25) is 0 Å². The first-order valence-corrected chi connectivity index (χ1v) is 9.13. The van der Waals surface area contributed by atoms with Crippen molar-refractivity contribution in [2.45, 2.75) is 19.5 Å². The number of benzene rings is 1. The van der Waals surface area contributed by atoms with E-state index in [1.807, 2.05) is 60.4 Å². The average molecular weight is 358 g/mol. The van der Waals surface area contributed by atoms with Crippen LogP contribution in [-0.4, -0.2) is 32.1 Å². The second kappa shape index (κ2) is 7.65. The van der Waals surface area contributed by atoms with Crippen molar-refractivity contribution in [3.8, 4) is 11.8 Å². The molecule has 5 heteroatoms. The van der Waals surface area contributed by atoms with E-state index in [4.69, 9.17) is 0 Å². The Labute approximate surface area is 158 Å². The van der Waals surface area contributed by atoms with E-state index in [1.165, 1.54) is 0 Å². The van der Waals surface area contributed by atoms with E-state index in [-0.39, 0.29) is 5.56 Å². The third kappa shape index (κ3) is 4.02. The summed E-state index contributed by atoms with van der Waals surface area (Å²) in [4.78, 5) is 19.7. The molecule has 1 aliphatic heterocycles. The van der Waals surface area contributed by atoms with Crippen molar-refractivity contribution in [2.24, 2.45) is 7.05 Å². The van der Waals surface area contributed by atoms with Crippen LogP contribution in [0.1, 0.15) is 22.4 Å². The average Bonchev–Trinajstić information content (AvgIpc) is 3.10. The van der Waals surface area contributed by atoms with Crippen molar-refractivity contribution in [3.63, 3.8) is 0 Å². The summed E-state index contributed by atoms with van der Waals surface area (Å²) in [5.74, 6) is 6.41. The zero-order chi connectivity index (χ0) is 18.6. The van der Waals surface area contributed by atoms with Crippen molar-refractivity contribution in [1.29, 1.82) is 0 Å². The van der Waals surface area contributed by atoms with Crippen molar-refractivity contribution in [3.05, 3.63) is 87.9 Å². The van der Waals surface area contributed by atoms with Crippen LogP contribution in [0.4, 0.5) is 0 Å². The fourth-order valence-electron chi connectivity index (χ4n) is 3.37. The SMILES string of the molecule is Cn1ccc(C#CCN2CCc3ncn(Cc4ccccc4)c(=O)c3C2)c1. The highest BCUT2D eigenvalue weighted by Crippen LogP contribution is 2.13. The van der Waals surface area contributed by atoms with Crippen molar-refractivity contribution >= 4 is 0 Å². The molecule has 0 fully saturated rings. The molecule has 0 saturated carbocycles. The third-order valence-corrected chi connectivity index (χ3v) is 4.83. The maximum Gasteiger partial charge on any atom is 0.258 e. The summed E-state index contributed by atoms with van der Waals surface area (Å²) in [6.07, 6.45) is 6.47. The Balaban J connectivity index is 1.49. The first kappa shape index (κ1) is 17.3. The van der Waals surface area contributed by atoms with Gasteiger partial charge in [0.2, 0.25) is 0 Å². The minimum Gasteiger partial charge on any atom is -0.356 e. The van der Waals surface area contributed by atoms with Gasteiger partial charge in [0, 0.05) is 44.5 Å². The number of hydrogen-bond acceptors (Lipinski definition) is 3. The third-order valence-electron chi connectivity index (χ3n) is 4.83. The normalized spacial score (nSPS) is 13.7. The Hall–Kier alpha value is -3.10. The fourth-order valence-corrected chi connectivity index (χ4v) is 3.37. The predicted octanol–water partition coefficient (Wildman–Crippen LogP) is 2.04. The summed E-state index contributed by atoms with van der Waals surface area (Å²) < 4.78 is 3.69. The first-order valence-electron chi connectivity index (χ1n) is 9.13. The first-order chi connectivity index (χ1) is 13.2. The van der Waals surface area contributed by atoms with Crippen LogP contribution in [0, 0.1) is 11.8 Å². The van der Waals surface area contributed by atoms with E-state index in [1.54, 1.807) is 10.9 Å². The second-order valence-corrected chi connectivity index (χ2v) is 6.92. The minimum atomic E-state index is 0.0598. The lowest BCUT2D eigenvalue weighted by Gasteiger charge is -2.26. The van der Waals surface area contributed by atoms with E-state index >= 15 is 0 Å². The maximum absolute atomic E-state index is 12.9. The topological polar surface area (TPSA) is 43.1 Å². The molecule has 0 radical (unpaired) electrons. The van der Waals surface area contributed by atoms with Crippen LogP contribution in [0.15, 0.2) is 59.9 Å². The van der Waals surface area contributed by atoms with Gasteiger partial charge in [0.1, 0.15) is 0 Å². The Morgan fingerprint density at radius 3 is 2.81 bits per heavy atom. The largest absolute Gasteiger partial charge is 0.356 e. The zero-order valence-electron chi connectivity index (χ0n) is 15.4. The molecule has 5 nitrogen and oxygen atoms in total. The van der Waals surface area contributed by atoms with Gasteiger partial charge < -0.3 is 4.57 Å². The molecule has 136 valence electrons. The van der Waals surface area contributed by atoms with Gasteiger partial charge in [-0.25, -0.2) is 4.98 Å². The van der Waals surface area contributed by atoms with Crippen molar-refractivity contribution in [2.75, 3.05) is 13.1 Å². The number of aryl methyl sites for hydroxylation is 1. The van der Waals surface area contributed by atoms with Gasteiger partial charge in [-0.05, 0) is 11.6 Å². The van der Waals surface area contributed by atoms with E-state index in [0.29, 0.717) is 19.6 Å². The summed E-state index contributed by atoms with van der Waals surface area (Å²) in [6.45, 7) is 2.70. The van der Waals surface area contributed by atoms with Crippen LogP contribution in [0.3, 0.4) is 0 Å². The summed E-state index contributed by atoms with van der Waals surface area (Å²) in [5, 5.41) is 0. The summed E-state index contributed by atoms with van der Waals surface area (Å²) in [5.41, 5.74) is 3.91. The molecule has 0 N–H and O–H groups in total. The number of aromatic nitrogens is 3. The molecule has 1 aromatic carbocycles. The molecule has 0 spiro atoms. The smallest absolute Gasteiger partial charge is 0.258 e. The van der Waals surface area contributed by atoms with Crippen LogP contribution in [0.25, 0.3) is 0 Å². The van der Waals surface area contributed by atoms with E-state index in [0.717, 1.165) is 35.3 Å². The van der Waals surface area contributed by atoms with Gasteiger partial charge in [-0.1, -0.05) is 42.2 Å². The molecule has 0 atom stereocenters. The van der Waals surface area contributed by atoms with Crippen LogP contribution in [-0.2, 0) is 26.6 Å². The summed E-state index contributed by atoms with van der Waals surface area (Å²) in [7, 11) is 1.99. The van der Waals surface area contributed by atoms with Gasteiger partial charge >= 0.3 is 0 Å². The standard InChI is InChI=1S/C22H22N4O/c1-24-12-9-19(14-24)8-5-11-25-13-10-21-20(16-25)22(27)26(17-23-21)15-18-6-3-2-4-7-18/h2-4,6-7,9,12,14,17H,10-11,13,15-16H2,1H3. The highest BCUT2D eigenvalue weighted by Gasteiger charge is 2.20. The number of nitrogens with zero attached hydrogens (tertiary/aromatic N) is 4. The Morgan fingerprint density at radius 1 is 1.19 bits per heavy atom. The van der Waals surface area contributed by atoms with E-state index in [9.17, 15) is 4.79 Å². The minimum absolute atomic E-state index is 0.0598. The van der Waals surface area contributed by atoms with Gasteiger partial charge in [0.05, 0.1) is 30.7 Å². The van der Waals surface area contributed by atoms with Gasteiger partial charge in [-0.3, -0.25) is 14.3 Å². The molecule has 4 rings (SSSR count). The fraction of sp³-hybridized carbons (Fsp3) is 0.273. The van der Waals surface area contributed by atoms with Crippen LogP contribution < -0.4 is 5.56 Å². The van der Waals surface area contributed by atoms with Gasteiger partial charge in [0.15, 0.2) is 0 Å². The van der Waals surface area contributed by atoms with E-state index < -0.39 is 0 Å².